The number of rotatable bonds is 3. The lowest BCUT2D eigenvalue weighted by Crippen LogP contribution is -2.61. The van der Waals surface area contributed by atoms with Crippen molar-refractivity contribution in [2.75, 3.05) is 18.3 Å². The van der Waals surface area contributed by atoms with E-state index in [1.54, 1.807) is 27.5 Å². The molecule has 7 nitrogen and oxygen atoms in total. The van der Waals surface area contributed by atoms with Crippen LogP contribution in [-0.4, -0.2) is 45.0 Å². The van der Waals surface area contributed by atoms with Crippen LogP contribution in [0.5, 0.6) is 5.75 Å². The molecule has 1 unspecified atom stereocenters. The van der Waals surface area contributed by atoms with Crippen molar-refractivity contribution in [2.45, 2.75) is 43.5 Å². The number of thioether (sulfide) groups is 1. The Labute approximate surface area is 208 Å². The summed E-state index contributed by atoms with van der Waals surface area (Å²) in [7, 11) is 0. The zero-order chi connectivity index (χ0) is 24.9. The maximum Gasteiger partial charge on any atom is 0.278 e. The Morgan fingerprint density at radius 3 is 2.43 bits per heavy atom. The predicted molar refractivity (Wildman–Crippen MR) is 136 cm³/mol. The van der Waals surface area contributed by atoms with Crippen molar-refractivity contribution >= 4 is 17.7 Å². The molecule has 2 aliphatic heterocycles. The highest BCUT2D eigenvalue weighted by Gasteiger charge is 2.43. The topological polar surface area (TPSA) is 86.0 Å². The van der Waals surface area contributed by atoms with Gasteiger partial charge < -0.3 is 15.1 Å². The van der Waals surface area contributed by atoms with Crippen LogP contribution in [0.1, 0.15) is 54.0 Å². The van der Waals surface area contributed by atoms with Gasteiger partial charge in [0.1, 0.15) is 6.67 Å². The minimum atomic E-state index is -0.611. The summed E-state index contributed by atoms with van der Waals surface area (Å²) in [6.07, 6.45) is 1.56. The molecule has 182 valence electrons. The summed E-state index contributed by atoms with van der Waals surface area (Å²) in [5.74, 6) is -0.249. The molecule has 0 bridgehead atoms. The SMILES string of the molecule is CC(C)(C)[C@H](CO)N1CN(C2c3ccccc3CSc3ccccc32)n2ccc(=O)c(O)c2C1=O. The van der Waals surface area contributed by atoms with Crippen molar-refractivity contribution in [2.24, 2.45) is 5.41 Å². The van der Waals surface area contributed by atoms with E-state index < -0.39 is 28.5 Å². The molecule has 3 heterocycles. The van der Waals surface area contributed by atoms with Crippen molar-refractivity contribution in [3.8, 4) is 5.75 Å². The van der Waals surface area contributed by atoms with E-state index in [4.69, 9.17) is 0 Å². The summed E-state index contributed by atoms with van der Waals surface area (Å²) in [4.78, 5) is 28.8. The van der Waals surface area contributed by atoms with Crippen LogP contribution in [0, 0.1) is 5.41 Å². The van der Waals surface area contributed by atoms with Crippen LogP contribution >= 0.6 is 11.8 Å². The molecule has 0 radical (unpaired) electrons. The molecule has 2 atom stereocenters. The molecule has 35 heavy (non-hydrogen) atoms. The Kier molecular flexibility index (Phi) is 5.89. The third kappa shape index (κ3) is 3.90. The lowest BCUT2D eigenvalue weighted by atomic mass is 9.85. The molecule has 2 aliphatic rings. The summed E-state index contributed by atoms with van der Waals surface area (Å²) in [6, 6.07) is 16.9. The fourth-order valence-corrected chi connectivity index (χ4v) is 6.15. The Bertz CT molecular complexity index is 1300. The van der Waals surface area contributed by atoms with Crippen molar-refractivity contribution in [3.05, 3.63) is 93.4 Å². The van der Waals surface area contributed by atoms with Gasteiger partial charge in [-0.1, -0.05) is 63.2 Å². The predicted octanol–water partition coefficient (Wildman–Crippen LogP) is 3.71. The molecule has 0 spiro atoms. The second kappa shape index (κ2) is 8.77. The van der Waals surface area contributed by atoms with Gasteiger partial charge in [0.2, 0.25) is 5.43 Å². The molecule has 8 heteroatoms. The van der Waals surface area contributed by atoms with Crippen molar-refractivity contribution in [1.82, 2.24) is 9.58 Å². The highest BCUT2D eigenvalue weighted by molar-refractivity contribution is 7.98. The Morgan fingerprint density at radius 1 is 1.03 bits per heavy atom. The fraction of sp³-hybridized carbons (Fsp3) is 0.333. The van der Waals surface area contributed by atoms with Crippen LogP contribution in [0.15, 0.2) is 70.5 Å². The molecule has 1 aromatic heterocycles. The van der Waals surface area contributed by atoms with E-state index in [1.807, 2.05) is 50.0 Å². The number of pyridine rings is 1. The number of aromatic nitrogens is 1. The van der Waals surface area contributed by atoms with Gasteiger partial charge in [-0.2, -0.15) is 0 Å². The first kappa shape index (κ1) is 23.5. The maximum atomic E-state index is 13.7. The summed E-state index contributed by atoms with van der Waals surface area (Å²) in [5, 5.41) is 23.1. The summed E-state index contributed by atoms with van der Waals surface area (Å²) >= 11 is 1.77. The number of aliphatic hydroxyl groups is 1. The Balaban J connectivity index is 1.77. The first-order valence-electron chi connectivity index (χ1n) is 11.6. The second-order valence-electron chi connectivity index (χ2n) is 10.1. The van der Waals surface area contributed by atoms with Gasteiger partial charge in [0.15, 0.2) is 11.4 Å². The number of hydrogen-bond donors (Lipinski definition) is 2. The third-order valence-corrected chi connectivity index (χ3v) is 8.02. The third-order valence-electron chi connectivity index (χ3n) is 6.88. The van der Waals surface area contributed by atoms with Gasteiger partial charge >= 0.3 is 0 Å². The van der Waals surface area contributed by atoms with Gasteiger partial charge in [-0.3, -0.25) is 19.3 Å². The number of aromatic hydroxyl groups is 1. The summed E-state index contributed by atoms with van der Waals surface area (Å²) in [6.45, 7) is 5.82. The molecule has 3 aromatic rings. The summed E-state index contributed by atoms with van der Waals surface area (Å²) in [5.41, 5.74) is 2.23. The molecule has 0 fully saturated rings. The largest absolute Gasteiger partial charge is 0.502 e. The Hall–Kier alpha value is -3.23. The van der Waals surface area contributed by atoms with E-state index in [9.17, 15) is 19.8 Å². The highest BCUT2D eigenvalue weighted by atomic mass is 32.2. The van der Waals surface area contributed by atoms with Crippen molar-refractivity contribution in [3.63, 3.8) is 0 Å². The maximum absolute atomic E-state index is 13.7. The van der Waals surface area contributed by atoms with Crippen LogP contribution in [0.3, 0.4) is 0 Å². The van der Waals surface area contributed by atoms with Gasteiger partial charge in [0.05, 0.1) is 18.7 Å². The van der Waals surface area contributed by atoms with Gasteiger partial charge in [0, 0.05) is 22.9 Å². The molecule has 0 saturated heterocycles. The van der Waals surface area contributed by atoms with E-state index in [1.165, 1.54) is 11.6 Å². The number of nitrogens with zero attached hydrogens (tertiary/aromatic N) is 3. The van der Waals surface area contributed by atoms with E-state index in [0.717, 1.165) is 21.8 Å². The fourth-order valence-electron chi connectivity index (χ4n) is 5.06. The van der Waals surface area contributed by atoms with Crippen LogP contribution in [0.4, 0.5) is 0 Å². The normalized spacial score (nSPS) is 18.4. The van der Waals surface area contributed by atoms with E-state index in [2.05, 4.69) is 24.3 Å². The molecule has 0 aliphatic carbocycles. The van der Waals surface area contributed by atoms with E-state index >= 15 is 0 Å². The highest BCUT2D eigenvalue weighted by Crippen LogP contribution is 2.43. The molecule has 2 aromatic carbocycles. The molecular formula is C27H29N3O4S. The Morgan fingerprint density at radius 2 is 1.71 bits per heavy atom. The zero-order valence-corrected chi connectivity index (χ0v) is 20.8. The first-order valence-corrected chi connectivity index (χ1v) is 12.6. The quantitative estimate of drug-likeness (QED) is 0.581. The minimum absolute atomic E-state index is 0.0849. The average Bonchev–Trinajstić information content (AvgIpc) is 2.99. The van der Waals surface area contributed by atoms with Gasteiger partial charge in [-0.05, 0) is 28.2 Å². The number of hydrogen-bond acceptors (Lipinski definition) is 6. The monoisotopic (exact) mass is 491 g/mol. The standard InChI is InChI=1S/C27H29N3O4S/c1-27(2,3)22(14-31)28-16-30(29-13-12-20(32)25(33)24(29)26(28)34)23-18-9-5-4-8-17(18)15-35-21-11-7-6-10-19(21)23/h4-13,22-23,31,33H,14-16H2,1-3H3/t22-,23?/m0/s1. The number of aliphatic hydroxyl groups excluding tert-OH is 1. The van der Waals surface area contributed by atoms with E-state index in [-0.39, 0.29) is 25.0 Å². The average molecular weight is 492 g/mol. The zero-order valence-electron chi connectivity index (χ0n) is 20.0. The van der Waals surface area contributed by atoms with Crippen molar-refractivity contribution < 1.29 is 15.0 Å². The lowest BCUT2D eigenvalue weighted by molar-refractivity contribution is 0.0236. The molecule has 2 N–H and O–H groups in total. The number of fused-ring (bicyclic) bond motifs is 3. The van der Waals surface area contributed by atoms with Crippen LogP contribution in [0.2, 0.25) is 0 Å². The molecule has 1 amide bonds. The number of carbonyl (C=O) groups is 1. The van der Waals surface area contributed by atoms with Crippen LogP contribution in [-0.2, 0) is 5.75 Å². The smallest absolute Gasteiger partial charge is 0.278 e. The number of carbonyl (C=O) groups excluding carboxylic acids is 1. The first-order chi connectivity index (χ1) is 16.7. The molecule has 0 saturated carbocycles. The van der Waals surface area contributed by atoms with Crippen LogP contribution in [0.25, 0.3) is 0 Å². The van der Waals surface area contributed by atoms with E-state index in [0.29, 0.717) is 0 Å². The molecular weight excluding hydrogens is 462 g/mol. The number of amides is 1. The number of benzene rings is 2. The lowest BCUT2D eigenvalue weighted by Gasteiger charge is -2.48. The van der Waals surface area contributed by atoms with Gasteiger partial charge in [0.25, 0.3) is 5.91 Å². The van der Waals surface area contributed by atoms with Gasteiger partial charge in [-0.15, -0.1) is 11.8 Å². The molecule has 5 rings (SSSR count). The van der Waals surface area contributed by atoms with Crippen molar-refractivity contribution in [1.29, 1.82) is 0 Å². The summed E-state index contributed by atoms with van der Waals surface area (Å²) < 4.78 is 1.61. The second-order valence-corrected chi connectivity index (χ2v) is 11.1. The minimum Gasteiger partial charge on any atom is -0.502 e. The van der Waals surface area contributed by atoms with Gasteiger partial charge in [-0.25, -0.2) is 0 Å². The van der Waals surface area contributed by atoms with Crippen LogP contribution < -0.4 is 10.4 Å².